The van der Waals surface area contributed by atoms with Crippen LogP contribution in [0.25, 0.3) is 16.5 Å². The number of aliphatic carboxylic acids is 2. The third-order valence-corrected chi connectivity index (χ3v) is 4.85. The first-order chi connectivity index (χ1) is 12.4. The number of furan rings is 1. The minimum absolute atomic E-state index is 0.558. The zero-order valence-electron chi connectivity index (χ0n) is 14.5. The highest BCUT2D eigenvalue weighted by Crippen LogP contribution is 2.38. The van der Waals surface area contributed by atoms with Crippen LogP contribution in [0.15, 0.2) is 53.0 Å². The zero-order chi connectivity index (χ0) is 18.7. The van der Waals surface area contributed by atoms with E-state index in [1.54, 1.807) is 0 Å². The van der Waals surface area contributed by atoms with Crippen LogP contribution >= 0.6 is 0 Å². The summed E-state index contributed by atoms with van der Waals surface area (Å²) in [6.07, 6.45) is 7.27. The van der Waals surface area contributed by atoms with Gasteiger partial charge >= 0.3 is 11.9 Å². The van der Waals surface area contributed by atoms with Crippen molar-refractivity contribution in [2.75, 3.05) is 7.05 Å². The quantitative estimate of drug-likeness (QED) is 0.820. The van der Waals surface area contributed by atoms with E-state index >= 15 is 0 Å². The molecule has 2 N–H and O–H groups in total. The van der Waals surface area contributed by atoms with E-state index in [1.165, 1.54) is 23.8 Å². The number of likely N-dealkylation sites (N-methyl/N-ethyl adjacent to an activating group) is 1. The van der Waals surface area contributed by atoms with Crippen LogP contribution in [0, 0.1) is 0 Å². The van der Waals surface area contributed by atoms with E-state index < -0.39 is 11.9 Å². The summed E-state index contributed by atoms with van der Waals surface area (Å²) in [6, 6.07) is 11.8. The van der Waals surface area contributed by atoms with Crippen molar-refractivity contribution in [2.45, 2.75) is 31.3 Å². The van der Waals surface area contributed by atoms with Crippen molar-refractivity contribution in [1.29, 1.82) is 0 Å². The highest BCUT2D eigenvalue weighted by molar-refractivity contribution is 5.89. The average molecular weight is 355 g/mol. The molecule has 2 aliphatic heterocycles. The molecule has 3 heterocycles. The number of rotatable bonds is 3. The fraction of sp³-hybridized carbons (Fsp3) is 0.300. The second-order valence-corrected chi connectivity index (χ2v) is 6.52. The first kappa shape index (κ1) is 17.9. The summed E-state index contributed by atoms with van der Waals surface area (Å²) < 4.78 is 5.98. The SMILES string of the molecule is CN1C2C=C(c3cc4ccccc4o3)CC1CC2.O=C(O)/C=C/C(=O)O. The molecule has 1 fully saturated rings. The van der Waals surface area contributed by atoms with E-state index in [0.29, 0.717) is 24.2 Å². The van der Waals surface area contributed by atoms with Gasteiger partial charge in [0.15, 0.2) is 0 Å². The number of hydrogen-bond acceptors (Lipinski definition) is 4. The number of carboxylic acids is 2. The summed E-state index contributed by atoms with van der Waals surface area (Å²) in [7, 11) is 2.24. The predicted molar refractivity (Wildman–Crippen MR) is 97.8 cm³/mol. The molecule has 2 aromatic rings. The maximum atomic E-state index is 9.55. The highest BCUT2D eigenvalue weighted by atomic mass is 16.4. The summed E-state index contributed by atoms with van der Waals surface area (Å²) in [4.78, 5) is 21.6. The van der Waals surface area contributed by atoms with Gasteiger partial charge in [-0.05, 0) is 44.0 Å². The minimum Gasteiger partial charge on any atom is -0.478 e. The normalized spacial score (nSPS) is 22.1. The van der Waals surface area contributed by atoms with Gasteiger partial charge in [0.1, 0.15) is 11.3 Å². The van der Waals surface area contributed by atoms with E-state index in [0.717, 1.165) is 17.8 Å². The Bertz CT molecular complexity index is 830. The van der Waals surface area contributed by atoms with Gasteiger partial charge in [-0.2, -0.15) is 0 Å². The molecule has 2 aliphatic rings. The molecule has 0 saturated carbocycles. The lowest BCUT2D eigenvalue weighted by Crippen LogP contribution is -2.34. The summed E-state index contributed by atoms with van der Waals surface area (Å²) in [5, 5.41) is 16.8. The van der Waals surface area contributed by atoms with Gasteiger partial charge in [0.25, 0.3) is 0 Å². The van der Waals surface area contributed by atoms with Crippen LogP contribution in [-0.2, 0) is 9.59 Å². The molecule has 0 aliphatic carbocycles. The summed E-state index contributed by atoms with van der Waals surface area (Å²) in [6.45, 7) is 0. The lowest BCUT2D eigenvalue weighted by molar-refractivity contribution is -0.134. The van der Waals surface area contributed by atoms with Crippen LogP contribution in [0.4, 0.5) is 0 Å². The Labute approximate surface area is 151 Å². The van der Waals surface area contributed by atoms with Crippen molar-refractivity contribution >= 4 is 28.5 Å². The number of hydrogen-bond donors (Lipinski definition) is 2. The largest absolute Gasteiger partial charge is 0.478 e. The Morgan fingerprint density at radius 2 is 1.85 bits per heavy atom. The fourth-order valence-electron chi connectivity index (χ4n) is 3.51. The molecule has 26 heavy (non-hydrogen) atoms. The first-order valence-corrected chi connectivity index (χ1v) is 8.49. The molecule has 1 aromatic carbocycles. The highest BCUT2D eigenvalue weighted by Gasteiger charge is 2.34. The summed E-state index contributed by atoms with van der Waals surface area (Å²) >= 11 is 0. The molecule has 136 valence electrons. The van der Waals surface area contributed by atoms with Crippen LogP contribution in [0.2, 0.25) is 0 Å². The van der Waals surface area contributed by atoms with Crippen LogP contribution in [0.1, 0.15) is 25.0 Å². The minimum atomic E-state index is -1.26. The van der Waals surface area contributed by atoms with Gasteiger partial charge in [-0.15, -0.1) is 0 Å². The van der Waals surface area contributed by atoms with Gasteiger partial charge in [-0.1, -0.05) is 24.3 Å². The van der Waals surface area contributed by atoms with Crippen LogP contribution in [-0.4, -0.2) is 46.2 Å². The van der Waals surface area contributed by atoms with Gasteiger partial charge in [-0.25, -0.2) is 9.59 Å². The molecular weight excluding hydrogens is 334 g/mol. The van der Waals surface area contributed by atoms with Crippen LogP contribution in [0.3, 0.4) is 0 Å². The molecule has 0 radical (unpaired) electrons. The maximum absolute atomic E-state index is 9.55. The van der Waals surface area contributed by atoms with Crippen molar-refractivity contribution in [3.8, 4) is 0 Å². The molecule has 1 saturated heterocycles. The average Bonchev–Trinajstić information content (AvgIpc) is 3.10. The Morgan fingerprint density at radius 1 is 1.15 bits per heavy atom. The Balaban J connectivity index is 0.000000211. The summed E-state index contributed by atoms with van der Waals surface area (Å²) in [5.41, 5.74) is 2.40. The molecule has 2 atom stereocenters. The van der Waals surface area contributed by atoms with E-state index in [9.17, 15) is 9.59 Å². The second kappa shape index (κ2) is 7.58. The van der Waals surface area contributed by atoms with E-state index in [2.05, 4.69) is 36.2 Å². The number of carbonyl (C=O) groups is 2. The van der Waals surface area contributed by atoms with Gasteiger partial charge < -0.3 is 14.6 Å². The molecule has 2 bridgehead atoms. The fourth-order valence-corrected chi connectivity index (χ4v) is 3.51. The predicted octanol–water partition coefficient (Wildman–Crippen LogP) is 3.39. The summed E-state index contributed by atoms with van der Waals surface area (Å²) in [5.74, 6) is -1.44. The van der Waals surface area contributed by atoms with Crippen molar-refractivity contribution in [3.63, 3.8) is 0 Å². The number of fused-ring (bicyclic) bond motifs is 3. The third-order valence-electron chi connectivity index (χ3n) is 4.85. The van der Waals surface area contributed by atoms with Crippen molar-refractivity contribution in [1.82, 2.24) is 4.90 Å². The molecule has 6 heteroatoms. The van der Waals surface area contributed by atoms with E-state index in [-0.39, 0.29) is 0 Å². The lowest BCUT2D eigenvalue weighted by Gasteiger charge is -2.29. The molecule has 1 aromatic heterocycles. The first-order valence-electron chi connectivity index (χ1n) is 8.49. The van der Waals surface area contributed by atoms with Crippen molar-refractivity contribution in [3.05, 3.63) is 54.3 Å². The van der Waals surface area contributed by atoms with Gasteiger partial charge in [0.05, 0.1) is 0 Å². The Kier molecular flexibility index (Phi) is 5.23. The topological polar surface area (TPSA) is 91.0 Å². The van der Waals surface area contributed by atoms with Crippen LogP contribution < -0.4 is 0 Å². The van der Waals surface area contributed by atoms with Crippen LogP contribution in [0.5, 0.6) is 0 Å². The smallest absolute Gasteiger partial charge is 0.328 e. The number of para-hydroxylation sites is 1. The monoisotopic (exact) mass is 355 g/mol. The number of benzene rings is 1. The van der Waals surface area contributed by atoms with Gasteiger partial charge in [0, 0.05) is 29.6 Å². The maximum Gasteiger partial charge on any atom is 0.328 e. The molecular formula is C20H21NO5. The van der Waals surface area contributed by atoms with Crippen molar-refractivity contribution in [2.24, 2.45) is 0 Å². The van der Waals surface area contributed by atoms with E-state index in [1.807, 2.05) is 12.1 Å². The Morgan fingerprint density at radius 3 is 2.46 bits per heavy atom. The van der Waals surface area contributed by atoms with Crippen molar-refractivity contribution < 1.29 is 24.2 Å². The Hall–Kier alpha value is -2.86. The van der Waals surface area contributed by atoms with E-state index in [4.69, 9.17) is 14.6 Å². The molecule has 4 rings (SSSR count). The number of carboxylic acid groups (broad SMARTS) is 2. The number of nitrogens with zero attached hydrogens (tertiary/aromatic N) is 1. The third kappa shape index (κ3) is 4.03. The zero-order valence-corrected chi connectivity index (χ0v) is 14.5. The molecule has 6 nitrogen and oxygen atoms in total. The van der Waals surface area contributed by atoms with Gasteiger partial charge in [0.2, 0.25) is 0 Å². The second-order valence-electron chi connectivity index (χ2n) is 6.52. The van der Waals surface area contributed by atoms with Gasteiger partial charge in [-0.3, -0.25) is 4.90 Å². The molecule has 0 spiro atoms. The lowest BCUT2D eigenvalue weighted by atomic mass is 10.00. The molecule has 0 amide bonds. The standard InChI is InChI=1S/C16H17NO.C4H4O4/c1-17-13-6-7-14(17)9-12(8-13)16-10-11-4-2-3-5-15(11)18-16;5-3(6)1-2-4(7)8/h2-5,8,10,13-14H,6-7,9H2,1H3;1-2H,(H,5,6)(H,7,8)/b;2-1+. The molecule has 2 unspecified atom stereocenters.